The molecule has 1 heterocycles. The van der Waals surface area contributed by atoms with Crippen molar-refractivity contribution in [2.45, 2.75) is 39.7 Å². The zero-order valence-corrected chi connectivity index (χ0v) is 19.0. The van der Waals surface area contributed by atoms with Crippen molar-refractivity contribution >= 4 is 25.5 Å². The summed E-state index contributed by atoms with van der Waals surface area (Å²) in [7, 11) is 0. The van der Waals surface area contributed by atoms with Crippen molar-refractivity contribution in [1.82, 2.24) is 0 Å². The normalized spacial score (nSPS) is 13.9. The molecule has 0 unspecified atom stereocenters. The Morgan fingerprint density at radius 1 is 0.897 bits per heavy atom. The van der Waals surface area contributed by atoms with Gasteiger partial charge in [0.15, 0.2) is 0 Å². The number of rotatable bonds is 3. The fourth-order valence-corrected chi connectivity index (χ4v) is 3.61. The van der Waals surface area contributed by atoms with E-state index in [1.165, 1.54) is 22.4 Å². The number of fused-ring (bicyclic) bond motifs is 1. The average Bonchev–Trinajstić information content (AvgIpc) is 2.79. The van der Waals surface area contributed by atoms with Crippen LogP contribution in [0, 0.1) is 6.07 Å². The third-order valence-corrected chi connectivity index (χ3v) is 4.85. The van der Waals surface area contributed by atoms with Crippen molar-refractivity contribution in [3.8, 4) is 0 Å². The quantitative estimate of drug-likeness (QED) is 0.306. The second-order valence-electron chi connectivity index (χ2n) is 7.26. The van der Waals surface area contributed by atoms with E-state index in [1.54, 1.807) is 0 Å². The van der Waals surface area contributed by atoms with E-state index < -0.39 is 0 Å². The largest absolute Gasteiger partial charge is 0.409 e. The second-order valence-corrected chi connectivity index (χ2v) is 7.26. The number of nitrogens with zero attached hydrogens (tertiary/aromatic N) is 1. The number of benzene rings is 3. The predicted octanol–water partition coefficient (Wildman–Crippen LogP) is 6.15. The summed E-state index contributed by atoms with van der Waals surface area (Å²) in [5, 5.41) is 3.48. The molecular formula is C25H27BN2Re-. The van der Waals surface area contributed by atoms with Gasteiger partial charge < -0.3 is 5.32 Å². The smallest absolute Gasteiger partial charge is 0.0584 e. The van der Waals surface area contributed by atoms with Crippen molar-refractivity contribution in [2.24, 2.45) is 4.99 Å². The second kappa shape index (κ2) is 10.6. The number of anilines is 2. The van der Waals surface area contributed by atoms with Crippen molar-refractivity contribution in [2.75, 3.05) is 5.32 Å². The number of nitrogens with one attached hydrogen (secondary N) is 1. The summed E-state index contributed by atoms with van der Waals surface area (Å²) in [5.74, 6) is 0. The molecular weight excluding hydrogens is 525 g/mol. The van der Waals surface area contributed by atoms with Crippen LogP contribution in [0.5, 0.6) is 0 Å². The summed E-state index contributed by atoms with van der Waals surface area (Å²) in [6.45, 7) is 4.36. The summed E-state index contributed by atoms with van der Waals surface area (Å²) >= 11 is 0. The first kappa shape index (κ1) is 24.9. The van der Waals surface area contributed by atoms with E-state index in [9.17, 15) is 0 Å². The molecule has 1 aliphatic rings. The van der Waals surface area contributed by atoms with Crippen LogP contribution in [0.4, 0.5) is 11.4 Å². The number of hydrogen-bond donors (Lipinski definition) is 1. The molecule has 4 rings (SSSR count). The van der Waals surface area contributed by atoms with Gasteiger partial charge in [-0.1, -0.05) is 68.1 Å². The van der Waals surface area contributed by atoms with E-state index in [1.807, 2.05) is 24.3 Å². The molecule has 4 heteroatoms. The van der Waals surface area contributed by atoms with Crippen LogP contribution in [-0.2, 0) is 32.4 Å². The standard InChI is InChI=1S/C24H23N2.CH4.B.Re/c1-24(2)22-15-14-21(25-20-11-7-4-8-12-20)17-19(22)13-16-23(26-24)18-9-5-3-6-10-18;;;/h3-12,14,17,25H,13,16H2,1-2H3;1H4;;/q-1;;;. The average molecular weight is 553 g/mol. The van der Waals surface area contributed by atoms with Gasteiger partial charge in [0.2, 0.25) is 0 Å². The van der Waals surface area contributed by atoms with Crippen LogP contribution in [0.2, 0.25) is 0 Å². The van der Waals surface area contributed by atoms with Crippen LogP contribution in [0.25, 0.3) is 0 Å². The number of aliphatic imine (C=N–C) groups is 1. The fraction of sp³-hybridized carbons (Fsp3) is 0.240. The van der Waals surface area contributed by atoms with Crippen LogP contribution in [-0.4, -0.2) is 14.1 Å². The maximum Gasteiger partial charge on any atom is 0.0584 e. The maximum atomic E-state index is 5.10. The van der Waals surface area contributed by atoms with Gasteiger partial charge >= 0.3 is 0 Å². The van der Waals surface area contributed by atoms with Crippen molar-refractivity contribution in [3.63, 3.8) is 0 Å². The number of para-hydroxylation sites is 1. The maximum absolute atomic E-state index is 5.10. The minimum atomic E-state index is -0.276. The Hall–Kier alpha value is -2.14. The number of hydrogen-bond acceptors (Lipinski definition) is 2. The van der Waals surface area contributed by atoms with E-state index in [2.05, 4.69) is 73.8 Å². The summed E-state index contributed by atoms with van der Waals surface area (Å²) in [6, 6.07) is 28.6. The first-order chi connectivity index (χ1) is 12.6. The molecule has 3 aromatic rings. The summed E-state index contributed by atoms with van der Waals surface area (Å²) in [5.41, 5.74) is 6.81. The predicted molar refractivity (Wildman–Crippen MR) is 122 cm³/mol. The summed E-state index contributed by atoms with van der Waals surface area (Å²) in [4.78, 5) is 5.10. The van der Waals surface area contributed by atoms with Gasteiger partial charge in [-0.3, -0.25) is 4.99 Å². The molecule has 0 amide bonds. The molecule has 1 aliphatic heterocycles. The van der Waals surface area contributed by atoms with Gasteiger partial charge in [0, 0.05) is 40.2 Å². The zero-order valence-electron chi connectivity index (χ0n) is 16.2. The Morgan fingerprint density at radius 3 is 2.17 bits per heavy atom. The molecule has 3 aromatic carbocycles. The zero-order chi connectivity index (χ0) is 18.0. The van der Waals surface area contributed by atoms with Crippen LogP contribution in [0.3, 0.4) is 0 Å². The molecule has 1 N–H and O–H groups in total. The van der Waals surface area contributed by atoms with Crippen LogP contribution in [0.1, 0.15) is 44.4 Å². The van der Waals surface area contributed by atoms with Gasteiger partial charge in [-0.15, -0.1) is 17.2 Å². The van der Waals surface area contributed by atoms with E-state index in [0.717, 1.165) is 24.2 Å². The molecule has 0 saturated carbocycles. The molecule has 4 radical (unpaired) electrons. The third kappa shape index (κ3) is 5.69. The molecule has 0 aromatic heterocycles. The third-order valence-electron chi connectivity index (χ3n) is 4.85. The first-order valence-corrected chi connectivity index (χ1v) is 9.13. The van der Waals surface area contributed by atoms with Crippen LogP contribution in [0.15, 0.2) is 77.8 Å². The SMILES string of the molecule is C.CC1(C)N=C(c2ccccc2)CCc2cc(Nc3ccccc3)c[c-]c21.[B].[Re]. The Bertz CT molecular complexity index is 938. The Balaban J connectivity index is 0.00000140. The van der Waals surface area contributed by atoms with Gasteiger partial charge in [0.25, 0.3) is 0 Å². The van der Waals surface area contributed by atoms with Crippen molar-refractivity contribution in [1.29, 1.82) is 0 Å². The molecule has 2 nitrogen and oxygen atoms in total. The van der Waals surface area contributed by atoms with Crippen LogP contribution >= 0.6 is 0 Å². The van der Waals surface area contributed by atoms with Gasteiger partial charge in [-0.05, 0) is 38.0 Å². The number of aryl methyl sites for hydroxylation is 1. The van der Waals surface area contributed by atoms with Gasteiger partial charge in [0.05, 0.1) is 5.54 Å². The van der Waals surface area contributed by atoms with Gasteiger partial charge in [-0.2, -0.15) is 12.1 Å². The molecule has 0 saturated heterocycles. The Labute approximate surface area is 191 Å². The monoisotopic (exact) mass is 553 g/mol. The minimum Gasteiger partial charge on any atom is -0.409 e. The van der Waals surface area contributed by atoms with Crippen molar-refractivity contribution < 1.29 is 20.4 Å². The minimum absolute atomic E-state index is 0. The molecule has 0 atom stereocenters. The molecule has 0 fully saturated rings. The van der Waals surface area contributed by atoms with Gasteiger partial charge in [-0.25, -0.2) is 0 Å². The molecule has 29 heavy (non-hydrogen) atoms. The van der Waals surface area contributed by atoms with Gasteiger partial charge in [0.1, 0.15) is 0 Å². The molecule has 0 aliphatic carbocycles. The Kier molecular flexibility index (Phi) is 9.08. The topological polar surface area (TPSA) is 24.4 Å². The van der Waals surface area contributed by atoms with E-state index >= 15 is 0 Å². The Morgan fingerprint density at radius 2 is 1.52 bits per heavy atom. The summed E-state index contributed by atoms with van der Waals surface area (Å²) in [6.07, 6.45) is 1.93. The fourth-order valence-electron chi connectivity index (χ4n) is 3.61. The first-order valence-electron chi connectivity index (χ1n) is 9.13. The van der Waals surface area contributed by atoms with Crippen LogP contribution < -0.4 is 5.32 Å². The summed E-state index contributed by atoms with van der Waals surface area (Å²) < 4.78 is 0. The molecule has 0 bridgehead atoms. The van der Waals surface area contributed by atoms with E-state index in [-0.39, 0.29) is 41.8 Å². The van der Waals surface area contributed by atoms with E-state index in [0.29, 0.717) is 0 Å². The van der Waals surface area contributed by atoms with E-state index in [4.69, 9.17) is 4.99 Å². The van der Waals surface area contributed by atoms with Crippen molar-refractivity contribution in [3.05, 3.63) is 95.6 Å². The molecule has 0 spiro atoms. The molecule has 148 valence electrons.